The second-order valence-electron chi connectivity index (χ2n) is 5.55. The van der Waals surface area contributed by atoms with Gasteiger partial charge in [-0.1, -0.05) is 25.1 Å². The Bertz CT molecular complexity index is 636. The number of benzene rings is 1. The van der Waals surface area contributed by atoms with Crippen LogP contribution in [0.5, 0.6) is 0 Å². The van der Waals surface area contributed by atoms with Gasteiger partial charge in [0.25, 0.3) is 0 Å². The summed E-state index contributed by atoms with van der Waals surface area (Å²) in [5, 5.41) is 3.63. The smallest absolute Gasteiger partial charge is 0.0758 e. The molecule has 1 nitrogen and oxygen atoms in total. The first-order chi connectivity index (χ1) is 10.2. The molecule has 1 N–H and O–H groups in total. The Morgan fingerprint density at radius 3 is 2.71 bits per heavy atom. The summed E-state index contributed by atoms with van der Waals surface area (Å²) < 4.78 is 2.41. The number of thiophene rings is 1. The SMILES string of the molecule is CCNC(Cc1ccc2c(c1)CCC2)c1cc(Br)sc1Br. The van der Waals surface area contributed by atoms with Crippen molar-refractivity contribution in [1.29, 1.82) is 0 Å². The molecule has 4 heteroatoms. The van der Waals surface area contributed by atoms with Crippen molar-refractivity contribution in [1.82, 2.24) is 5.32 Å². The molecular weight excluding hydrogens is 410 g/mol. The second-order valence-corrected chi connectivity index (χ2v) is 9.30. The fraction of sp³-hybridized carbons (Fsp3) is 0.412. The molecule has 1 aliphatic rings. The van der Waals surface area contributed by atoms with Crippen molar-refractivity contribution in [2.75, 3.05) is 6.54 Å². The average Bonchev–Trinajstić information content (AvgIpc) is 3.04. The van der Waals surface area contributed by atoms with Gasteiger partial charge in [-0.3, -0.25) is 0 Å². The predicted octanol–water partition coefficient (Wildman–Crippen LogP) is 5.66. The number of fused-ring (bicyclic) bond motifs is 1. The van der Waals surface area contributed by atoms with E-state index in [1.165, 1.54) is 38.0 Å². The van der Waals surface area contributed by atoms with Gasteiger partial charge in [-0.2, -0.15) is 0 Å². The van der Waals surface area contributed by atoms with Gasteiger partial charge in [0, 0.05) is 6.04 Å². The van der Waals surface area contributed by atoms with Crippen molar-refractivity contribution >= 4 is 43.2 Å². The van der Waals surface area contributed by atoms with Gasteiger partial charge >= 0.3 is 0 Å². The number of likely N-dealkylation sites (N-methyl/N-ethyl adjacent to an activating group) is 1. The molecule has 3 rings (SSSR count). The normalized spacial score (nSPS) is 15.2. The van der Waals surface area contributed by atoms with Crippen molar-refractivity contribution in [3.63, 3.8) is 0 Å². The van der Waals surface area contributed by atoms with E-state index in [0.717, 1.165) is 13.0 Å². The summed E-state index contributed by atoms with van der Waals surface area (Å²) in [6.45, 7) is 3.15. The average molecular weight is 429 g/mol. The fourth-order valence-electron chi connectivity index (χ4n) is 3.12. The fourth-order valence-corrected chi connectivity index (χ4v) is 6.09. The molecule has 1 unspecified atom stereocenters. The number of nitrogens with one attached hydrogen (secondary N) is 1. The van der Waals surface area contributed by atoms with Crippen molar-refractivity contribution < 1.29 is 0 Å². The Morgan fingerprint density at radius 2 is 2.00 bits per heavy atom. The molecular formula is C17H19Br2NS. The van der Waals surface area contributed by atoms with Crippen LogP contribution in [0.2, 0.25) is 0 Å². The van der Waals surface area contributed by atoms with E-state index in [-0.39, 0.29) is 0 Å². The quantitative estimate of drug-likeness (QED) is 0.648. The van der Waals surface area contributed by atoms with E-state index in [0.29, 0.717) is 6.04 Å². The molecule has 1 aromatic carbocycles. The summed E-state index contributed by atoms with van der Waals surface area (Å²) >= 11 is 9.04. The topological polar surface area (TPSA) is 12.0 Å². The summed E-state index contributed by atoms with van der Waals surface area (Å²) in [5.74, 6) is 0. The van der Waals surface area contributed by atoms with Crippen molar-refractivity contribution in [3.05, 3.63) is 54.1 Å². The van der Waals surface area contributed by atoms with Crippen molar-refractivity contribution in [2.45, 2.75) is 38.6 Å². The van der Waals surface area contributed by atoms with Gasteiger partial charge in [-0.05, 0) is 92.4 Å². The van der Waals surface area contributed by atoms with Gasteiger partial charge in [0.15, 0.2) is 0 Å². The van der Waals surface area contributed by atoms with E-state index in [2.05, 4.69) is 68.4 Å². The van der Waals surface area contributed by atoms with E-state index in [9.17, 15) is 0 Å². The van der Waals surface area contributed by atoms with Crippen LogP contribution in [0.25, 0.3) is 0 Å². The molecule has 21 heavy (non-hydrogen) atoms. The van der Waals surface area contributed by atoms with E-state index in [1.807, 2.05) is 0 Å². The van der Waals surface area contributed by atoms with E-state index < -0.39 is 0 Å². The number of rotatable bonds is 5. The van der Waals surface area contributed by atoms with Crippen LogP contribution >= 0.6 is 43.2 Å². The van der Waals surface area contributed by atoms with Crippen LogP contribution in [0.1, 0.15) is 41.6 Å². The minimum atomic E-state index is 0.367. The zero-order valence-corrected chi connectivity index (χ0v) is 16.1. The standard InChI is InChI=1S/C17H19Br2NS/c1-2-20-15(14-10-16(18)21-17(14)19)9-11-6-7-12-4-3-5-13(12)8-11/h6-8,10,15,20H,2-5,9H2,1H3. The maximum atomic E-state index is 3.70. The molecule has 0 aliphatic heterocycles. The van der Waals surface area contributed by atoms with Crippen LogP contribution in [0.4, 0.5) is 0 Å². The van der Waals surface area contributed by atoms with Crippen LogP contribution < -0.4 is 5.32 Å². The van der Waals surface area contributed by atoms with Gasteiger partial charge in [0.05, 0.1) is 7.57 Å². The first-order valence-corrected chi connectivity index (χ1v) is 9.86. The molecule has 0 radical (unpaired) electrons. The maximum Gasteiger partial charge on any atom is 0.0758 e. The number of hydrogen-bond acceptors (Lipinski definition) is 2. The Labute approximate surface area is 147 Å². The lowest BCUT2D eigenvalue weighted by molar-refractivity contribution is 0.549. The molecule has 112 valence electrons. The maximum absolute atomic E-state index is 3.70. The zero-order valence-electron chi connectivity index (χ0n) is 12.1. The van der Waals surface area contributed by atoms with Crippen LogP contribution in [-0.4, -0.2) is 6.54 Å². The molecule has 0 saturated heterocycles. The second kappa shape index (κ2) is 6.95. The molecule has 1 heterocycles. The van der Waals surface area contributed by atoms with E-state index in [1.54, 1.807) is 22.5 Å². The minimum absolute atomic E-state index is 0.367. The monoisotopic (exact) mass is 427 g/mol. The Morgan fingerprint density at radius 1 is 1.19 bits per heavy atom. The van der Waals surface area contributed by atoms with Gasteiger partial charge in [0.1, 0.15) is 0 Å². The highest BCUT2D eigenvalue weighted by atomic mass is 79.9. The van der Waals surface area contributed by atoms with Gasteiger partial charge in [-0.15, -0.1) is 11.3 Å². The molecule has 0 fully saturated rings. The van der Waals surface area contributed by atoms with E-state index >= 15 is 0 Å². The summed E-state index contributed by atoms with van der Waals surface area (Å²) in [6, 6.07) is 9.66. The number of aryl methyl sites for hydroxylation is 2. The molecule has 0 bridgehead atoms. The Balaban J connectivity index is 1.83. The summed E-state index contributed by atoms with van der Waals surface area (Å²) in [4.78, 5) is 0. The first-order valence-electron chi connectivity index (χ1n) is 7.46. The van der Waals surface area contributed by atoms with Gasteiger partial charge in [0.2, 0.25) is 0 Å². The molecule has 1 aliphatic carbocycles. The largest absolute Gasteiger partial charge is 0.310 e. The van der Waals surface area contributed by atoms with E-state index in [4.69, 9.17) is 0 Å². The van der Waals surface area contributed by atoms with Crippen molar-refractivity contribution in [2.24, 2.45) is 0 Å². The number of hydrogen-bond donors (Lipinski definition) is 1. The van der Waals surface area contributed by atoms with Crippen molar-refractivity contribution in [3.8, 4) is 0 Å². The molecule has 1 atom stereocenters. The van der Waals surface area contributed by atoms with Crippen LogP contribution in [0.3, 0.4) is 0 Å². The third kappa shape index (κ3) is 3.61. The lowest BCUT2D eigenvalue weighted by Crippen LogP contribution is -2.22. The highest BCUT2D eigenvalue weighted by molar-refractivity contribution is 9.12. The first kappa shape index (κ1) is 15.7. The molecule has 0 spiro atoms. The lowest BCUT2D eigenvalue weighted by Gasteiger charge is -2.18. The lowest BCUT2D eigenvalue weighted by atomic mass is 9.98. The Kier molecular flexibility index (Phi) is 5.20. The Hall–Kier alpha value is -0.160. The number of halogens is 2. The highest BCUT2D eigenvalue weighted by Crippen LogP contribution is 2.37. The van der Waals surface area contributed by atoms with Crippen LogP contribution in [-0.2, 0) is 19.3 Å². The van der Waals surface area contributed by atoms with Crippen LogP contribution in [0.15, 0.2) is 31.8 Å². The van der Waals surface area contributed by atoms with Crippen LogP contribution in [0, 0.1) is 0 Å². The summed E-state index contributed by atoms with van der Waals surface area (Å²) in [5.41, 5.74) is 5.91. The summed E-state index contributed by atoms with van der Waals surface area (Å²) in [6.07, 6.45) is 4.87. The third-order valence-electron chi connectivity index (χ3n) is 4.11. The summed E-state index contributed by atoms with van der Waals surface area (Å²) in [7, 11) is 0. The predicted molar refractivity (Wildman–Crippen MR) is 98.3 cm³/mol. The van der Waals surface area contributed by atoms with Gasteiger partial charge in [-0.25, -0.2) is 0 Å². The molecule has 1 aromatic heterocycles. The minimum Gasteiger partial charge on any atom is -0.310 e. The highest BCUT2D eigenvalue weighted by Gasteiger charge is 2.18. The molecule has 0 amide bonds. The zero-order chi connectivity index (χ0) is 14.8. The third-order valence-corrected chi connectivity index (χ3v) is 6.50. The molecule has 0 saturated carbocycles. The molecule has 2 aromatic rings. The van der Waals surface area contributed by atoms with Gasteiger partial charge < -0.3 is 5.32 Å².